The number of hydrogen-bond acceptors (Lipinski definition) is 4. The number of carboxylic acid groups (broad SMARTS) is 3. The third-order valence-electron chi connectivity index (χ3n) is 2.35. The Kier molecular flexibility index (Phi) is 2.43. The van der Waals surface area contributed by atoms with Crippen LogP contribution in [0.3, 0.4) is 0 Å². The van der Waals surface area contributed by atoms with Gasteiger partial charge in [0.15, 0.2) is 0 Å². The van der Waals surface area contributed by atoms with Crippen LogP contribution in [-0.2, 0) is 14.4 Å². The van der Waals surface area contributed by atoms with Crippen molar-refractivity contribution >= 4 is 17.9 Å². The van der Waals surface area contributed by atoms with Crippen LogP contribution in [0.1, 0.15) is 0 Å². The number of nitrogens with two attached hydrogens (primary N) is 1. The van der Waals surface area contributed by atoms with Crippen LogP contribution in [0.2, 0.25) is 0 Å². The summed E-state index contributed by atoms with van der Waals surface area (Å²) in [6.07, 6.45) is 0. The van der Waals surface area contributed by atoms with Gasteiger partial charge in [-0.25, -0.2) is 0 Å². The molecule has 5 N–H and O–H groups in total. The number of carboxylic acids is 3. The minimum atomic E-state index is -1.43. The molecule has 1 fully saturated rings. The summed E-state index contributed by atoms with van der Waals surface area (Å²) in [7, 11) is 0. The molecule has 0 bridgehead atoms. The average molecular weight is 203 g/mol. The van der Waals surface area contributed by atoms with Crippen molar-refractivity contribution in [2.24, 2.45) is 23.5 Å². The predicted octanol–water partition coefficient (Wildman–Crippen LogP) is -1.57. The van der Waals surface area contributed by atoms with E-state index in [1.165, 1.54) is 0 Å². The summed E-state index contributed by atoms with van der Waals surface area (Å²) in [6.45, 7) is 0. The van der Waals surface area contributed by atoms with E-state index in [2.05, 4.69) is 0 Å². The van der Waals surface area contributed by atoms with E-state index in [0.29, 0.717) is 0 Å². The second kappa shape index (κ2) is 3.26. The summed E-state index contributed by atoms with van der Waals surface area (Å²) in [6, 6.07) is -1.43. The highest BCUT2D eigenvalue weighted by Crippen LogP contribution is 2.48. The molecule has 1 unspecified atom stereocenters. The van der Waals surface area contributed by atoms with Gasteiger partial charge in [0.05, 0.1) is 11.8 Å². The summed E-state index contributed by atoms with van der Waals surface area (Å²) in [5.41, 5.74) is 5.15. The maximum Gasteiger partial charge on any atom is 0.320 e. The molecule has 7 nitrogen and oxygen atoms in total. The van der Waals surface area contributed by atoms with Crippen LogP contribution in [0, 0.1) is 17.8 Å². The third kappa shape index (κ3) is 1.53. The predicted molar refractivity (Wildman–Crippen MR) is 41.4 cm³/mol. The van der Waals surface area contributed by atoms with Gasteiger partial charge in [-0.05, 0) is 0 Å². The molecule has 7 heteroatoms. The molecule has 0 aromatic heterocycles. The van der Waals surface area contributed by atoms with E-state index >= 15 is 0 Å². The number of hydrogen-bond donors (Lipinski definition) is 4. The Balaban J connectivity index is 2.77. The second-order valence-electron chi connectivity index (χ2n) is 3.17. The molecular weight excluding hydrogens is 194 g/mol. The van der Waals surface area contributed by atoms with E-state index in [0.717, 1.165) is 0 Å². The van der Waals surface area contributed by atoms with Gasteiger partial charge in [-0.2, -0.15) is 0 Å². The summed E-state index contributed by atoms with van der Waals surface area (Å²) >= 11 is 0. The van der Waals surface area contributed by atoms with Gasteiger partial charge in [0.1, 0.15) is 6.04 Å². The average Bonchev–Trinajstić information content (AvgIpc) is 2.76. The SMILES string of the molecule is NC(C(=O)O)C1[C@@H](C(=O)O)[C@@H]1C(=O)O. The summed E-state index contributed by atoms with van der Waals surface area (Å²) < 4.78 is 0. The molecule has 0 aromatic carbocycles. The highest BCUT2D eigenvalue weighted by molar-refractivity contribution is 5.89. The first-order valence-electron chi connectivity index (χ1n) is 3.82. The lowest BCUT2D eigenvalue weighted by atomic mass is 10.1. The maximum atomic E-state index is 10.5. The zero-order valence-electron chi connectivity index (χ0n) is 6.95. The van der Waals surface area contributed by atoms with E-state index in [9.17, 15) is 14.4 Å². The van der Waals surface area contributed by atoms with Gasteiger partial charge in [-0.1, -0.05) is 0 Å². The van der Waals surface area contributed by atoms with Crippen molar-refractivity contribution in [2.45, 2.75) is 6.04 Å². The molecule has 3 atom stereocenters. The van der Waals surface area contributed by atoms with Gasteiger partial charge in [0, 0.05) is 5.92 Å². The smallest absolute Gasteiger partial charge is 0.320 e. The molecule has 1 saturated carbocycles. The molecule has 0 aliphatic heterocycles. The zero-order chi connectivity index (χ0) is 11.0. The Morgan fingerprint density at radius 2 is 1.36 bits per heavy atom. The van der Waals surface area contributed by atoms with E-state index in [-0.39, 0.29) is 0 Å². The number of aliphatic carboxylic acids is 3. The molecule has 0 spiro atoms. The first kappa shape index (κ1) is 10.5. The van der Waals surface area contributed by atoms with Crippen LogP contribution in [0.4, 0.5) is 0 Å². The van der Waals surface area contributed by atoms with Gasteiger partial charge < -0.3 is 21.1 Å². The highest BCUT2D eigenvalue weighted by Gasteiger charge is 2.63. The number of carbonyl (C=O) groups is 3. The molecule has 78 valence electrons. The Hall–Kier alpha value is -1.63. The van der Waals surface area contributed by atoms with Crippen LogP contribution >= 0.6 is 0 Å². The molecule has 14 heavy (non-hydrogen) atoms. The lowest BCUT2D eigenvalue weighted by molar-refractivity contribution is -0.144. The first-order chi connectivity index (χ1) is 6.37. The standard InChI is InChI=1S/C7H9NO6/c8-4(7(13)14)1-2(5(9)10)3(1)6(11)12/h1-4H,8H2,(H,9,10)(H,11,12)(H,13,14)/t2-,3-,4?/m1/s1. The number of rotatable bonds is 4. The van der Waals surface area contributed by atoms with Crippen LogP contribution in [-0.4, -0.2) is 39.3 Å². The van der Waals surface area contributed by atoms with Crippen molar-refractivity contribution in [1.82, 2.24) is 0 Å². The molecule has 0 amide bonds. The van der Waals surface area contributed by atoms with Crippen LogP contribution < -0.4 is 5.73 Å². The molecule has 0 heterocycles. The van der Waals surface area contributed by atoms with Gasteiger partial charge in [-0.15, -0.1) is 0 Å². The van der Waals surface area contributed by atoms with Gasteiger partial charge >= 0.3 is 17.9 Å². The Labute approximate surface area is 78.1 Å². The largest absolute Gasteiger partial charge is 0.481 e. The lowest BCUT2D eigenvalue weighted by Crippen LogP contribution is -2.34. The molecule has 0 aromatic rings. The molecule has 1 aliphatic carbocycles. The van der Waals surface area contributed by atoms with Crippen LogP contribution in [0.15, 0.2) is 0 Å². The fourth-order valence-electron chi connectivity index (χ4n) is 1.58. The Morgan fingerprint density at radius 1 is 1.00 bits per heavy atom. The topological polar surface area (TPSA) is 138 Å². The zero-order valence-corrected chi connectivity index (χ0v) is 6.95. The first-order valence-corrected chi connectivity index (χ1v) is 3.82. The monoisotopic (exact) mass is 203 g/mol. The van der Waals surface area contributed by atoms with E-state index < -0.39 is 41.7 Å². The van der Waals surface area contributed by atoms with Crippen molar-refractivity contribution in [3.05, 3.63) is 0 Å². The van der Waals surface area contributed by atoms with Crippen molar-refractivity contribution < 1.29 is 29.7 Å². The minimum absolute atomic E-state index is 1.01. The van der Waals surface area contributed by atoms with Gasteiger partial charge in [0.2, 0.25) is 0 Å². The van der Waals surface area contributed by atoms with Crippen LogP contribution in [0.25, 0.3) is 0 Å². The normalized spacial score (nSPS) is 31.9. The summed E-state index contributed by atoms with van der Waals surface area (Å²) in [4.78, 5) is 31.4. The fourth-order valence-corrected chi connectivity index (χ4v) is 1.58. The molecule has 0 saturated heterocycles. The fraction of sp³-hybridized carbons (Fsp3) is 0.571. The van der Waals surface area contributed by atoms with E-state index in [1.807, 2.05) is 0 Å². The third-order valence-corrected chi connectivity index (χ3v) is 2.35. The molecule has 1 rings (SSSR count). The van der Waals surface area contributed by atoms with Crippen LogP contribution in [0.5, 0.6) is 0 Å². The quantitative estimate of drug-likeness (QED) is 0.433. The van der Waals surface area contributed by atoms with Crippen molar-refractivity contribution in [3.8, 4) is 0 Å². The molecular formula is C7H9NO6. The minimum Gasteiger partial charge on any atom is -0.481 e. The molecule has 0 radical (unpaired) electrons. The highest BCUT2D eigenvalue weighted by atomic mass is 16.4. The maximum absolute atomic E-state index is 10.5. The van der Waals surface area contributed by atoms with E-state index in [4.69, 9.17) is 21.1 Å². The Bertz CT molecular complexity index is 281. The van der Waals surface area contributed by atoms with Crippen molar-refractivity contribution in [1.29, 1.82) is 0 Å². The summed E-state index contributed by atoms with van der Waals surface area (Å²) in [5.74, 6) is -7.40. The molecule has 1 aliphatic rings. The van der Waals surface area contributed by atoms with E-state index in [1.54, 1.807) is 0 Å². The Morgan fingerprint density at radius 3 is 1.57 bits per heavy atom. The summed E-state index contributed by atoms with van der Waals surface area (Å²) in [5, 5.41) is 25.6. The van der Waals surface area contributed by atoms with Gasteiger partial charge in [0.25, 0.3) is 0 Å². The van der Waals surface area contributed by atoms with Crippen molar-refractivity contribution in [2.75, 3.05) is 0 Å². The lowest BCUT2D eigenvalue weighted by Gasteiger charge is -2.02. The second-order valence-corrected chi connectivity index (χ2v) is 3.17. The van der Waals surface area contributed by atoms with Crippen molar-refractivity contribution in [3.63, 3.8) is 0 Å². The van der Waals surface area contributed by atoms with Gasteiger partial charge in [-0.3, -0.25) is 14.4 Å².